The van der Waals surface area contributed by atoms with Gasteiger partial charge in [-0.3, -0.25) is 0 Å². The number of carbonyl (C=O) groups is 1. The van der Waals surface area contributed by atoms with Gasteiger partial charge in [-0.05, 0) is 0 Å². The highest BCUT2D eigenvalue weighted by Gasteiger charge is 2.48. The summed E-state index contributed by atoms with van der Waals surface area (Å²) in [6, 6.07) is -0.0518. The van der Waals surface area contributed by atoms with Gasteiger partial charge in [0.2, 0.25) is 0 Å². The second-order valence-corrected chi connectivity index (χ2v) is 2.69. The monoisotopic (exact) mass is 145 g/mol. The zero-order valence-electron chi connectivity index (χ0n) is 5.83. The van der Waals surface area contributed by atoms with E-state index in [0.717, 1.165) is 0 Å². The highest BCUT2D eigenvalue weighted by molar-refractivity contribution is 5.80. The van der Waals surface area contributed by atoms with E-state index in [-0.39, 0.29) is 6.04 Å². The molecule has 58 valence electrons. The van der Waals surface area contributed by atoms with Crippen LogP contribution < -0.4 is 5.73 Å². The Bertz CT molecular complexity index is 151. The van der Waals surface area contributed by atoms with Crippen LogP contribution in [0.15, 0.2) is 0 Å². The Morgan fingerprint density at radius 2 is 2.30 bits per heavy atom. The van der Waals surface area contributed by atoms with Crippen molar-refractivity contribution >= 4 is 5.97 Å². The molecule has 4 heteroatoms. The van der Waals surface area contributed by atoms with Gasteiger partial charge in [0.1, 0.15) is 0 Å². The molecule has 0 aromatic carbocycles. The van der Waals surface area contributed by atoms with Gasteiger partial charge in [0.15, 0.2) is 5.60 Å². The van der Waals surface area contributed by atoms with Crippen LogP contribution in [0.2, 0.25) is 0 Å². The van der Waals surface area contributed by atoms with Crippen molar-refractivity contribution in [2.45, 2.75) is 24.5 Å². The number of ether oxygens (including phenoxy) is 1. The largest absolute Gasteiger partial charge is 0.467 e. The zero-order chi connectivity index (χ0) is 7.78. The summed E-state index contributed by atoms with van der Waals surface area (Å²) in [5.41, 5.74) is 4.10. The SMILES string of the molecule is COC(=O)C1(O)CC(N)C1. The lowest BCUT2D eigenvalue weighted by molar-refractivity contribution is -0.173. The third-order valence-corrected chi connectivity index (χ3v) is 1.77. The molecular weight excluding hydrogens is 134 g/mol. The van der Waals surface area contributed by atoms with E-state index in [4.69, 9.17) is 5.73 Å². The highest BCUT2D eigenvalue weighted by Crippen LogP contribution is 2.31. The van der Waals surface area contributed by atoms with E-state index in [1.807, 2.05) is 0 Å². The molecule has 1 saturated carbocycles. The van der Waals surface area contributed by atoms with Gasteiger partial charge >= 0.3 is 5.97 Å². The molecule has 1 fully saturated rings. The summed E-state index contributed by atoms with van der Waals surface area (Å²) in [5, 5.41) is 9.29. The molecule has 0 unspecified atom stereocenters. The minimum absolute atomic E-state index is 0.0518. The van der Waals surface area contributed by atoms with Gasteiger partial charge < -0.3 is 15.6 Å². The third kappa shape index (κ3) is 0.998. The van der Waals surface area contributed by atoms with Crippen LogP contribution in [0.25, 0.3) is 0 Å². The molecule has 0 atom stereocenters. The fraction of sp³-hybridized carbons (Fsp3) is 0.833. The molecule has 0 aliphatic heterocycles. The molecule has 1 rings (SSSR count). The lowest BCUT2D eigenvalue weighted by Gasteiger charge is -2.38. The molecule has 0 spiro atoms. The van der Waals surface area contributed by atoms with Crippen LogP contribution in [-0.4, -0.2) is 29.8 Å². The Labute approximate surface area is 59.0 Å². The first kappa shape index (κ1) is 7.50. The van der Waals surface area contributed by atoms with Crippen LogP contribution in [0.3, 0.4) is 0 Å². The molecular formula is C6H11NO3. The number of esters is 1. The van der Waals surface area contributed by atoms with Crippen molar-refractivity contribution < 1.29 is 14.6 Å². The summed E-state index contributed by atoms with van der Waals surface area (Å²) in [6.07, 6.45) is 0.638. The molecule has 1 aliphatic rings. The standard InChI is InChI=1S/C6H11NO3/c1-10-5(8)6(9)2-4(7)3-6/h4,9H,2-3,7H2,1H3. The lowest BCUT2D eigenvalue weighted by atomic mass is 9.76. The van der Waals surface area contributed by atoms with Gasteiger partial charge in [-0.15, -0.1) is 0 Å². The molecule has 4 nitrogen and oxygen atoms in total. The van der Waals surface area contributed by atoms with Gasteiger partial charge in [0.05, 0.1) is 7.11 Å². The van der Waals surface area contributed by atoms with Crippen LogP contribution >= 0.6 is 0 Å². The van der Waals surface area contributed by atoms with Crippen molar-refractivity contribution in [3.05, 3.63) is 0 Å². The summed E-state index contributed by atoms with van der Waals surface area (Å²) in [7, 11) is 1.25. The topological polar surface area (TPSA) is 72.5 Å². The van der Waals surface area contributed by atoms with Crippen molar-refractivity contribution in [1.29, 1.82) is 0 Å². The number of methoxy groups -OCH3 is 1. The molecule has 10 heavy (non-hydrogen) atoms. The second-order valence-electron chi connectivity index (χ2n) is 2.69. The normalized spacial score (nSPS) is 38.5. The van der Waals surface area contributed by atoms with Crippen molar-refractivity contribution in [2.24, 2.45) is 5.73 Å². The summed E-state index contributed by atoms with van der Waals surface area (Å²) in [6.45, 7) is 0. The summed E-state index contributed by atoms with van der Waals surface area (Å²) < 4.78 is 4.36. The number of nitrogens with two attached hydrogens (primary N) is 1. The van der Waals surface area contributed by atoms with Crippen molar-refractivity contribution in [3.63, 3.8) is 0 Å². The molecule has 0 amide bonds. The first-order chi connectivity index (χ1) is 4.58. The van der Waals surface area contributed by atoms with Crippen molar-refractivity contribution in [1.82, 2.24) is 0 Å². The average Bonchev–Trinajstić information content (AvgIpc) is 1.83. The molecule has 0 saturated heterocycles. The van der Waals surface area contributed by atoms with E-state index in [9.17, 15) is 9.90 Å². The molecule has 0 radical (unpaired) electrons. The second kappa shape index (κ2) is 2.21. The Morgan fingerprint density at radius 1 is 1.80 bits per heavy atom. The van der Waals surface area contributed by atoms with Crippen LogP contribution in [0.5, 0.6) is 0 Å². The molecule has 0 heterocycles. The van der Waals surface area contributed by atoms with Crippen LogP contribution in [0, 0.1) is 0 Å². The number of rotatable bonds is 1. The number of hydrogen-bond donors (Lipinski definition) is 2. The predicted molar refractivity (Wildman–Crippen MR) is 34.2 cm³/mol. The average molecular weight is 145 g/mol. The Morgan fingerprint density at radius 3 is 2.60 bits per heavy atom. The fourth-order valence-corrected chi connectivity index (χ4v) is 1.16. The maximum atomic E-state index is 10.7. The van der Waals surface area contributed by atoms with E-state index in [2.05, 4.69) is 4.74 Å². The predicted octanol–water partition coefficient (Wildman–Crippen LogP) is -0.988. The molecule has 1 aliphatic carbocycles. The zero-order valence-corrected chi connectivity index (χ0v) is 5.83. The number of hydrogen-bond acceptors (Lipinski definition) is 4. The maximum Gasteiger partial charge on any atom is 0.337 e. The third-order valence-electron chi connectivity index (χ3n) is 1.77. The fourth-order valence-electron chi connectivity index (χ4n) is 1.16. The van der Waals surface area contributed by atoms with Crippen LogP contribution in [0.4, 0.5) is 0 Å². The van der Waals surface area contributed by atoms with Crippen molar-refractivity contribution in [3.8, 4) is 0 Å². The van der Waals surface area contributed by atoms with Gasteiger partial charge in [-0.1, -0.05) is 0 Å². The van der Waals surface area contributed by atoms with Gasteiger partial charge in [0.25, 0.3) is 0 Å². The van der Waals surface area contributed by atoms with E-state index in [1.165, 1.54) is 7.11 Å². The minimum atomic E-state index is -1.28. The van der Waals surface area contributed by atoms with E-state index < -0.39 is 11.6 Å². The number of carbonyl (C=O) groups excluding carboxylic acids is 1. The van der Waals surface area contributed by atoms with Gasteiger partial charge in [0, 0.05) is 18.9 Å². The number of aliphatic hydroxyl groups is 1. The Kier molecular flexibility index (Phi) is 1.66. The van der Waals surface area contributed by atoms with E-state index in [0.29, 0.717) is 12.8 Å². The molecule has 0 aromatic heterocycles. The first-order valence-electron chi connectivity index (χ1n) is 3.15. The molecule has 3 N–H and O–H groups in total. The summed E-state index contributed by atoms with van der Waals surface area (Å²) in [4.78, 5) is 10.7. The van der Waals surface area contributed by atoms with Gasteiger partial charge in [-0.25, -0.2) is 4.79 Å². The minimum Gasteiger partial charge on any atom is -0.467 e. The maximum absolute atomic E-state index is 10.7. The van der Waals surface area contributed by atoms with Crippen molar-refractivity contribution in [2.75, 3.05) is 7.11 Å². The lowest BCUT2D eigenvalue weighted by Crippen LogP contribution is -2.56. The van der Waals surface area contributed by atoms with Crippen LogP contribution in [0.1, 0.15) is 12.8 Å². The smallest absolute Gasteiger partial charge is 0.337 e. The molecule has 0 aromatic rings. The molecule has 0 bridgehead atoms. The summed E-state index contributed by atoms with van der Waals surface area (Å²) in [5.74, 6) is -0.575. The Hall–Kier alpha value is -0.610. The summed E-state index contributed by atoms with van der Waals surface area (Å²) >= 11 is 0. The quantitative estimate of drug-likeness (QED) is 0.465. The highest BCUT2D eigenvalue weighted by atomic mass is 16.5. The van der Waals surface area contributed by atoms with Crippen LogP contribution in [-0.2, 0) is 9.53 Å². The first-order valence-corrected chi connectivity index (χ1v) is 3.15. The van der Waals surface area contributed by atoms with E-state index >= 15 is 0 Å². The van der Waals surface area contributed by atoms with E-state index in [1.54, 1.807) is 0 Å². The Balaban J connectivity index is 2.48. The van der Waals surface area contributed by atoms with Gasteiger partial charge in [-0.2, -0.15) is 0 Å².